The smallest absolute Gasteiger partial charge is 0.156 e. The summed E-state index contributed by atoms with van der Waals surface area (Å²) in [6, 6.07) is 62.3. The zero-order chi connectivity index (χ0) is 51.1. The molecule has 3 aliphatic rings. The lowest BCUT2D eigenvalue weighted by molar-refractivity contribution is 0.660. The maximum atomic E-state index is 4.70. The van der Waals surface area contributed by atoms with Gasteiger partial charge in [-0.25, -0.2) is 9.97 Å². The van der Waals surface area contributed by atoms with Crippen LogP contribution in [0.3, 0.4) is 0 Å². The SMILES string of the molecule is CC1(C)c2cc(C=Cc3ccc4c(c3)C(C)(C)c3cc(N(c5ccccc5)c5cnccn5)ccc3-4)ccc2-c2ccc(C=Cc3ccc4c(c3)C(C)(C)c3cc(N(c5ccccc5)c5cnccn5)ccc3-4)cc21. The number of fused-ring (bicyclic) bond motifs is 9. The van der Waals surface area contributed by atoms with Gasteiger partial charge in [0.05, 0.1) is 12.4 Å². The van der Waals surface area contributed by atoms with E-state index in [1.54, 1.807) is 24.8 Å². The molecule has 2 heterocycles. The van der Waals surface area contributed by atoms with Gasteiger partial charge in [0.25, 0.3) is 0 Å². The maximum absolute atomic E-state index is 4.70. The second kappa shape index (κ2) is 17.6. The molecule has 75 heavy (non-hydrogen) atoms. The minimum atomic E-state index is -0.200. The van der Waals surface area contributed by atoms with Gasteiger partial charge in [0.1, 0.15) is 0 Å². The molecule has 0 aliphatic heterocycles. The highest BCUT2D eigenvalue weighted by molar-refractivity contribution is 5.90. The van der Waals surface area contributed by atoms with Gasteiger partial charge in [-0.2, -0.15) is 0 Å². The molecule has 0 spiro atoms. The Morgan fingerprint density at radius 1 is 0.307 bits per heavy atom. The number of aromatic nitrogens is 4. The fraction of sp³-hybridized carbons (Fsp3) is 0.130. The zero-order valence-electron chi connectivity index (χ0n) is 43.1. The van der Waals surface area contributed by atoms with E-state index in [1.807, 2.05) is 24.5 Å². The van der Waals surface area contributed by atoms with Crippen LogP contribution in [-0.2, 0) is 16.2 Å². The van der Waals surface area contributed by atoms with Crippen molar-refractivity contribution in [3.8, 4) is 33.4 Å². The van der Waals surface area contributed by atoms with Crippen molar-refractivity contribution in [1.29, 1.82) is 0 Å². The van der Waals surface area contributed by atoms with E-state index in [4.69, 9.17) is 9.97 Å². The summed E-state index contributed by atoms with van der Waals surface area (Å²) in [4.78, 5) is 22.6. The summed E-state index contributed by atoms with van der Waals surface area (Å²) in [6.07, 6.45) is 19.7. The van der Waals surface area contributed by atoms with E-state index < -0.39 is 0 Å². The van der Waals surface area contributed by atoms with Gasteiger partial charge in [0.2, 0.25) is 0 Å². The number of nitrogens with zero attached hydrogens (tertiary/aromatic N) is 6. The fourth-order valence-corrected chi connectivity index (χ4v) is 12.1. The summed E-state index contributed by atoms with van der Waals surface area (Å²) in [5, 5.41) is 0. The number of benzene rings is 8. The number of rotatable bonds is 10. The molecule has 10 aromatic rings. The van der Waals surface area contributed by atoms with Gasteiger partial charge in [-0.1, -0.05) is 187 Å². The molecule has 3 aliphatic carbocycles. The molecule has 0 saturated carbocycles. The van der Waals surface area contributed by atoms with Gasteiger partial charge < -0.3 is 0 Å². The topological polar surface area (TPSA) is 58.0 Å². The molecular formula is C69H56N6. The summed E-state index contributed by atoms with van der Waals surface area (Å²) in [5.41, 5.74) is 24.2. The zero-order valence-corrected chi connectivity index (χ0v) is 43.1. The van der Waals surface area contributed by atoms with Gasteiger partial charge in [-0.05, 0) is 138 Å². The predicted octanol–water partition coefficient (Wildman–Crippen LogP) is 17.5. The fourth-order valence-electron chi connectivity index (χ4n) is 12.1. The average molecular weight is 969 g/mol. The van der Waals surface area contributed by atoms with Crippen molar-refractivity contribution in [3.05, 3.63) is 263 Å². The predicted molar refractivity (Wildman–Crippen MR) is 310 cm³/mol. The lowest BCUT2D eigenvalue weighted by Gasteiger charge is -2.27. The quantitative estimate of drug-likeness (QED) is 0.127. The highest BCUT2D eigenvalue weighted by atomic mass is 15.2. The number of para-hydroxylation sites is 2. The van der Waals surface area contributed by atoms with Crippen LogP contribution in [0.5, 0.6) is 0 Å². The molecule has 2 aromatic heterocycles. The van der Waals surface area contributed by atoms with Crippen molar-refractivity contribution in [2.24, 2.45) is 0 Å². The van der Waals surface area contributed by atoms with Gasteiger partial charge in [-0.15, -0.1) is 0 Å². The summed E-state index contributed by atoms with van der Waals surface area (Å²) in [5.74, 6) is 1.57. The van der Waals surface area contributed by atoms with E-state index in [9.17, 15) is 0 Å². The Balaban J connectivity index is 0.731. The third-order valence-corrected chi connectivity index (χ3v) is 16.1. The Morgan fingerprint density at radius 2 is 0.600 bits per heavy atom. The molecule has 0 fully saturated rings. The number of hydrogen-bond acceptors (Lipinski definition) is 6. The molecule has 0 unspecified atom stereocenters. The third-order valence-electron chi connectivity index (χ3n) is 16.1. The molecule has 0 N–H and O–H groups in total. The lowest BCUT2D eigenvalue weighted by Crippen LogP contribution is -2.17. The van der Waals surface area contributed by atoms with Crippen molar-refractivity contribution < 1.29 is 0 Å². The van der Waals surface area contributed by atoms with E-state index >= 15 is 0 Å². The molecule has 362 valence electrons. The third kappa shape index (κ3) is 7.70. The summed E-state index contributed by atoms with van der Waals surface area (Å²) in [7, 11) is 0. The van der Waals surface area contributed by atoms with E-state index in [1.165, 1.54) is 89.0 Å². The van der Waals surface area contributed by atoms with Crippen LogP contribution in [0.1, 0.15) is 97.2 Å². The van der Waals surface area contributed by atoms with Gasteiger partial charge in [-0.3, -0.25) is 19.8 Å². The second-order valence-electron chi connectivity index (χ2n) is 21.7. The Labute approximate surface area is 440 Å². The molecule has 0 radical (unpaired) electrons. The van der Waals surface area contributed by atoms with Crippen molar-refractivity contribution in [1.82, 2.24) is 19.9 Å². The molecule has 6 heteroatoms. The summed E-state index contributed by atoms with van der Waals surface area (Å²) >= 11 is 0. The van der Waals surface area contributed by atoms with Gasteiger partial charge >= 0.3 is 0 Å². The second-order valence-corrected chi connectivity index (χ2v) is 21.7. The highest BCUT2D eigenvalue weighted by Gasteiger charge is 2.39. The minimum absolute atomic E-state index is 0.158. The van der Waals surface area contributed by atoms with Crippen LogP contribution in [0.4, 0.5) is 34.4 Å². The summed E-state index contributed by atoms with van der Waals surface area (Å²) in [6.45, 7) is 14.1. The van der Waals surface area contributed by atoms with E-state index in [2.05, 4.69) is 243 Å². The van der Waals surface area contributed by atoms with Crippen molar-refractivity contribution >= 4 is 58.7 Å². The Kier molecular flexibility index (Phi) is 10.8. The highest BCUT2D eigenvalue weighted by Crippen LogP contribution is 2.54. The first-order valence-corrected chi connectivity index (χ1v) is 25.9. The normalized spacial score (nSPS) is 14.7. The van der Waals surface area contributed by atoms with Crippen LogP contribution in [-0.4, -0.2) is 19.9 Å². The van der Waals surface area contributed by atoms with Crippen LogP contribution < -0.4 is 9.80 Å². The minimum Gasteiger partial charge on any atom is -0.294 e. The first-order chi connectivity index (χ1) is 36.4. The van der Waals surface area contributed by atoms with E-state index in [0.29, 0.717) is 0 Å². The molecule has 6 nitrogen and oxygen atoms in total. The number of hydrogen-bond donors (Lipinski definition) is 0. The first-order valence-electron chi connectivity index (χ1n) is 25.9. The molecule has 0 amide bonds. The lowest BCUT2D eigenvalue weighted by atomic mass is 9.81. The molecule has 13 rings (SSSR count). The summed E-state index contributed by atoms with van der Waals surface area (Å²) < 4.78 is 0. The van der Waals surface area contributed by atoms with Gasteiger partial charge in [0, 0.05) is 63.8 Å². The Hall–Kier alpha value is -9.00. The van der Waals surface area contributed by atoms with Crippen molar-refractivity contribution in [2.45, 2.75) is 57.8 Å². The molecule has 8 aromatic carbocycles. The van der Waals surface area contributed by atoms with Crippen LogP contribution in [0.2, 0.25) is 0 Å². The monoisotopic (exact) mass is 968 g/mol. The maximum Gasteiger partial charge on any atom is 0.156 e. The average Bonchev–Trinajstić information content (AvgIpc) is 4.05. The van der Waals surface area contributed by atoms with Crippen LogP contribution in [0, 0.1) is 0 Å². The molecule has 0 bridgehead atoms. The van der Waals surface area contributed by atoms with Crippen LogP contribution in [0.25, 0.3) is 57.7 Å². The van der Waals surface area contributed by atoms with Gasteiger partial charge in [0.15, 0.2) is 11.6 Å². The standard InChI is InChI=1S/C69H56N6/c1-67(2)59-37-45(17-19-47-23-29-55-57-31-25-51(41-63(57)68(3,4)61(55)39-47)74(49-13-9-7-10-14-49)65-43-70-33-35-72-65)21-27-53(59)54-28-22-46(38-60(54)67)18-20-48-24-30-56-58-32-26-52(42-64(58)69(5,6)62(56)40-48)75(50-15-11-8-12-16-50)66-44-71-34-36-73-66/h7-44H,1-6H3. The first kappa shape index (κ1) is 45.8. The van der Waals surface area contributed by atoms with Crippen LogP contribution in [0.15, 0.2) is 207 Å². The number of anilines is 6. The molecule has 0 atom stereocenters. The Morgan fingerprint density at radius 3 is 0.893 bits per heavy atom. The molecular weight excluding hydrogens is 913 g/mol. The van der Waals surface area contributed by atoms with Crippen molar-refractivity contribution in [3.63, 3.8) is 0 Å². The molecule has 0 saturated heterocycles. The van der Waals surface area contributed by atoms with Crippen molar-refractivity contribution in [2.75, 3.05) is 9.80 Å². The van der Waals surface area contributed by atoms with Crippen LogP contribution >= 0.6 is 0 Å². The van der Waals surface area contributed by atoms with E-state index in [0.717, 1.165) is 34.4 Å². The largest absolute Gasteiger partial charge is 0.294 e. The Bertz CT molecular complexity index is 3580. The van der Waals surface area contributed by atoms with E-state index in [-0.39, 0.29) is 16.2 Å².